The first kappa shape index (κ1) is 15.0. The number of amides is 1. The number of carbonyl (C=O) groups excluding carboxylic acids is 1. The predicted octanol–water partition coefficient (Wildman–Crippen LogP) is 2.39. The zero-order valence-electron chi connectivity index (χ0n) is 12.8. The van der Waals surface area contributed by atoms with Crippen LogP contribution in [0.25, 0.3) is 0 Å². The van der Waals surface area contributed by atoms with Gasteiger partial charge in [0.15, 0.2) is 0 Å². The van der Waals surface area contributed by atoms with E-state index in [9.17, 15) is 4.79 Å². The zero-order chi connectivity index (χ0) is 14.6. The van der Waals surface area contributed by atoms with Gasteiger partial charge < -0.3 is 10.6 Å². The fourth-order valence-corrected chi connectivity index (χ4v) is 2.96. The number of carbonyl (C=O) groups is 1. The van der Waals surface area contributed by atoms with Gasteiger partial charge in [0.25, 0.3) is 0 Å². The highest BCUT2D eigenvalue weighted by Crippen LogP contribution is 2.25. The van der Waals surface area contributed by atoms with E-state index in [0.717, 1.165) is 25.9 Å². The van der Waals surface area contributed by atoms with E-state index in [4.69, 9.17) is 0 Å². The Labute approximate surface area is 122 Å². The number of hydrogen-bond acceptors (Lipinski definition) is 2. The van der Waals surface area contributed by atoms with Gasteiger partial charge in [-0.2, -0.15) is 0 Å². The molecular formula is C17H26N2O. The number of nitrogens with one attached hydrogen (secondary N) is 2. The standard InChI is InChI=1S/C17H26N2O/c1-13-6-4-5-7-15(13)17(2,3)12-19-16(20)14-8-10-18-11-9-14/h4-7,14,18H,8-12H2,1-3H3,(H,19,20). The summed E-state index contributed by atoms with van der Waals surface area (Å²) in [6.45, 7) is 9.13. The van der Waals surface area contributed by atoms with Gasteiger partial charge in [-0.3, -0.25) is 4.79 Å². The van der Waals surface area contributed by atoms with E-state index in [2.05, 4.69) is 55.7 Å². The number of aryl methyl sites for hydroxylation is 1. The molecule has 0 atom stereocenters. The predicted molar refractivity (Wildman–Crippen MR) is 82.8 cm³/mol. The molecule has 1 amide bonds. The highest BCUT2D eigenvalue weighted by molar-refractivity contribution is 5.78. The van der Waals surface area contributed by atoms with Gasteiger partial charge in [0.2, 0.25) is 5.91 Å². The summed E-state index contributed by atoms with van der Waals surface area (Å²) in [5.41, 5.74) is 2.56. The second kappa shape index (κ2) is 6.40. The average Bonchev–Trinajstić information content (AvgIpc) is 2.46. The van der Waals surface area contributed by atoms with Crippen LogP contribution < -0.4 is 10.6 Å². The maximum Gasteiger partial charge on any atom is 0.223 e. The molecule has 3 nitrogen and oxygen atoms in total. The minimum Gasteiger partial charge on any atom is -0.355 e. The summed E-state index contributed by atoms with van der Waals surface area (Å²) in [4.78, 5) is 12.2. The maximum atomic E-state index is 12.2. The van der Waals surface area contributed by atoms with E-state index in [1.165, 1.54) is 11.1 Å². The molecule has 1 aliphatic heterocycles. The summed E-state index contributed by atoms with van der Waals surface area (Å²) in [6.07, 6.45) is 1.91. The molecule has 0 unspecified atom stereocenters. The molecule has 20 heavy (non-hydrogen) atoms. The molecule has 1 fully saturated rings. The molecule has 1 aliphatic rings. The largest absolute Gasteiger partial charge is 0.355 e. The van der Waals surface area contributed by atoms with Crippen molar-refractivity contribution >= 4 is 5.91 Å². The van der Waals surface area contributed by atoms with Crippen molar-refractivity contribution in [2.45, 2.75) is 39.0 Å². The first-order valence-corrected chi connectivity index (χ1v) is 7.55. The van der Waals surface area contributed by atoms with Gasteiger partial charge in [0, 0.05) is 17.9 Å². The minimum absolute atomic E-state index is 0.0338. The van der Waals surface area contributed by atoms with Crippen LogP contribution in [0.1, 0.15) is 37.8 Å². The van der Waals surface area contributed by atoms with Crippen molar-refractivity contribution < 1.29 is 4.79 Å². The van der Waals surface area contributed by atoms with Crippen molar-refractivity contribution in [3.05, 3.63) is 35.4 Å². The minimum atomic E-state index is -0.0338. The number of piperidine rings is 1. The van der Waals surface area contributed by atoms with Crippen LogP contribution in [-0.2, 0) is 10.2 Å². The lowest BCUT2D eigenvalue weighted by atomic mass is 9.82. The Kier molecular flexibility index (Phi) is 4.81. The number of hydrogen-bond donors (Lipinski definition) is 2. The monoisotopic (exact) mass is 274 g/mol. The van der Waals surface area contributed by atoms with Crippen molar-refractivity contribution in [3.63, 3.8) is 0 Å². The summed E-state index contributed by atoms with van der Waals surface area (Å²) in [5.74, 6) is 0.400. The Morgan fingerprint density at radius 1 is 1.30 bits per heavy atom. The smallest absolute Gasteiger partial charge is 0.223 e. The fraction of sp³-hybridized carbons (Fsp3) is 0.588. The fourth-order valence-electron chi connectivity index (χ4n) is 2.96. The summed E-state index contributed by atoms with van der Waals surface area (Å²) in [5, 5.41) is 6.45. The SMILES string of the molecule is Cc1ccccc1C(C)(C)CNC(=O)C1CCNCC1. The summed E-state index contributed by atoms with van der Waals surface area (Å²) in [7, 11) is 0. The molecule has 0 aromatic heterocycles. The van der Waals surface area contributed by atoms with Gasteiger partial charge in [-0.1, -0.05) is 38.1 Å². The first-order chi connectivity index (χ1) is 9.50. The van der Waals surface area contributed by atoms with Gasteiger partial charge in [0.05, 0.1) is 0 Å². The van der Waals surface area contributed by atoms with Crippen LogP contribution in [0.3, 0.4) is 0 Å². The van der Waals surface area contributed by atoms with Crippen molar-refractivity contribution in [1.29, 1.82) is 0 Å². The second-order valence-electron chi connectivity index (χ2n) is 6.44. The third kappa shape index (κ3) is 3.60. The average molecular weight is 274 g/mol. The molecular weight excluding hydrogens is 248 g/mol. The molecule has 2 N–H and O–H groups in total. The Morgan fingerprint density at radius 2 is 1.95 bits per heavy atom. The van der Waals surface area contributed by atoms with E-state index < -0.39 is 0 Å². The van der Waals surface area contributed by atoms with E-state index in [1.54, 1.807) is 0 Å². The summed E-state index contributed by atoms with van der Waals surface area (Å²) in [6, 6.07) is 8.42. The molecule has 110 valence electrons. The highest BCUT2D eigenvalue weighted by Gasteiger charge is 2.26. The van der Waals surface area contributed by atoms with Crippen LogP contribution >= 0.6 is 0 Å². The molecule has 3 heteroatoms. The van der Waals surface area contributed by atoms with Gasteiger partial charge in [-0.25, -0.2) is 0 Å². The van der Waals surface area contributed by atoms with Gasteiger partial charge >= 0.3 is 0 Å². The lowest BCUT2D eigenvalue weighted by Gasteiger charge is -2.29. The topological polar surface area (TPSA) is 41.1 Å². The molecule has 1 saturated heterocycles. The third-order valence-corrected chi connectivity index (χ3v) is 4.29. The molecule has 2 rings (SSSR count). The van der Waals surface area contributed by atoms with Crippen LogP contribution in [0.2, 0.25) is 0 Å². The van der Waals surface area contributed by atoms with Crippen molar-refractivity contribution in [2.75, 3.05) is 19.6 Å². The first-order valence-electron chi connectivity index (χ1n) is 7.55. The molecule has 1 aromatic rings. The van der Waals surface area contributed by atoms with Crippen LogP contribution in [0.15, 0.2) is 24.3 Å². The lowest BCUT2D eigenvalue weighted by Crippen LogP contribution is -2.43. The van der Waals surface area contributed by atoms with Crippen LogP contribution in [-0.4, -0.2) is 25.5 Å². The highest BCUT2D eigenvalue weighted by atomic mass is 16.1. The van der Waals surface area contributed by atoms with Crippen molar-refractivity contribution in [2.24, 2.45) is 5.92 Å². The molecule has 0 aliphatic carbocycles. The normalized spacial score (nSPS) is 16.9. The molecule has 0 spiro atoms. The Morgan fingerprint density at radius 3 is 2.60 bits per heavy atom. The van der Waals surface area contributed by atoms with Gasteiger partial charge in [0.1, 0.15) is 0 Å². The van der Waals surface area contributed by atoms with E-state index in [1.807, 2.05) is 0 Å². The molecule has 0 bridgehead atoms. The molecule has 1 aromatic carbocycles. The van der Waals surface area contributed by atoms with E-state index in [-0.39, 0.29) is 17.2 Å². The Hall–Kier alpha value is -1.35. The summed E-state index contributed by atoms with van der Waals surface area (Å²) < 4.78 is 0. The second-order valence-corrected chi connectivity index (χ2v) is 6.44. The zero-order valence-corrected chi connectivity index (χ0v) is 12.8. The number of rotatable bonds is 4. The van der Waals surface area contributed by atoms with Gasteiger partial charge in [-0.15, -0.1) is 0 Å². The van der Waals surface area contributed by atoms with Crippen LogP contribution in [0.4, 0.5) is 0 Å². The third-order valence-electron chi connectivity index (χ3n) is 4.29. The van der Waals surface area contributed by atoms with E-state index >= 15 is 0 Å². The Bertz CT molecular complexity index is 462. The van der Waals surface area contributed by atoms with Crippen LogP contribution in [0.5, 0.6) is 0 Å². The Balaban J connectivity index is 1.95. The lowest BCUT2D eigenvalue weighted by molar-refractivity contribution is -0.125. The quantitative estimate of drug-likeness (QED) is 0.885. The van der Waals surface area contributed by atoms with Crippen molar-refractivity contribution in [1.82, 2.24) is 10.6 Å². The maximum absolute atomic E-state index is 12.2. The van der Waals surface area contributed by atoms with Crippen LogP contribution in [0, 0.1) is 12.8 Å². The van der Waals surface area contributed by atoms with Crippen molar-refractivity contribution in [3.8, 4) is 0 Å². The molecule has 1 heterocycles. The molecule has 0 saturated carbocycles. The molecule has 0 radical (unpaired) electrons. The van der Waals surface area contributed by atoms with E-state index in [0.29, 0.717) is 6.54 Å². The number of benzene rings is 1. The summed E-state index contributed by atoms with van der Waals surface area (Å²) >= 11 is 0. The van der Waals surface area contributed by atoms with Gasteiger partial charge in [-0.05, 0) is 44.0 Å².